The molecule has 23 heavy (non-hydrogen) atoms. The molecule has 0 aliphatic rings. The van der Waals surface area contributed by atoms with Gasteiger partial charge in [-0.25, -0.2) is 0 Å². The second kappa shape index (κ2) is 6.51. The molecular formula is C23H32. The molecular weight excluding hydrogens is 276 g/mol. The highest BCUT2D eigenvalue weighted by Gasteiger charge is 2.24. The van der Waals surface area contributed by atoms with Crippen molar-refractivity contribution in [2.75, 3.05) is 0 Å². The van der Waals surface area contributed by atoms with Gasteiger partial charge in [-0.3, -0.25) is 0 Å². The molecule has 0 aromatic heterocycles. The fourth-order valence-electron chi connectivity index (χ4n) is 3.59. The van der Waals surface area contributed by atoms with E-state index in [1.165, 1.54) is 33.4 Å². The van der Waals surface area contributed by atoms with Gasteiger partial charge in [0.25, 0.3) is 0 Å². The summed E-state index contributed by atoms with van der Waals surface area (Å²) in [7, 11) is 0. The molecule has 0 fully saturated rings. The lowest BCUT2D eigenvalue weighted by Gasteiger charge is -2.28. The predicted octanol–water partition coefficient (Wildman–Crippen LogP) is 6.88. The monoisotopic (exact) mass is 308 g/mol. The highest BCUT2D eigenvalue weighted by Crippen LogP contribution is 2.35. The van der Waals surface area contributed by atoms with Crippen molar-refractivity contribution in [2.45, 2.75) is 72.6 Å². The van der Waals surface area contributed by atoms with E-state index in [1.807, 2.05) is 0 Å². The zero-order valence-corrected chi connectivity index (χ0v) is 16.1. The molecule has 0 saturated heterocycles. The lowest BCUT2D eigenvalue weighted by atomic mass is 9.76. The van der Waals surface area contributed by atoms with Crippen LogP contribution in [0.15, 0.2) is 36.4 Å². The van der Waals surface area contributed by atoms with E-state index in [0.717, 1.165) is 0 Å². The van der Waals surface area contributed by atoms with E-state index in [4.69, 9.17) is 0 Å². The summed E-state index contributed by atoms with van der Waals surface area (Å²) in [5.41, 5.74) is 8.54. The molecule has 0 heterocycles. The average Bonchev–Trinajstić information content (AvgIpc) is 2.46. The first kappa shape index (κ1) is 17.8. The Morgan fingerprint density at radius 3 is 1.26 bits per heavy atom. The van der Waals surface area contributed by atoms with Crippen molar-refractivity contribution in [1.82, 2.24) is 0 Å². The molecule has 2 aromatic rings. The highest BCUT2D eigenvalue weighted by molar-refractivity contribution is 5.45. The summed E-state index contributed by atoms with van der Waals surface area (Å²) in [6.07, 6.45) is 0. The average molecular weight is 309 g/mol. The van der Waals surface area contributed by atoms with Crippen LogP contribution >= 0.6 is 0 Å². The van der Waals surface area contributed by atoms with Crippen LogP contribution in [0.5, 0.6) is 0 Å². The van der Waals surface area contributed by atoms with Gasteiger partial charge in [-0.05, 0) is 59.1 Å². The highest BCUT2D eigenvalue weighted by atomic mass is 14.3. The summed E-state index contributed by atoms with van der Waals surface area (Å²) in [5.74, 6) is 1.17. The minimum Gasteiger partial charge on any atom is -0.0587 e. The molecule has 2 aromatic carbocycles. The van der Waals surface area contributed by atoms with E-state index in [0.29, 0.717) is 11.8 Å². The van der Waals surface area contributed by atoms with Gasteiger partial charge in [0.2, 0.25) is 0 Å². The Morgan fingerprint density at radius 1 is 0.652 bits per heavy atom. The maximum Gasteiger partial charge on any atom is 0.0146 e. The van der Waals surface area contributed by atoms with E-state index >= 15 is 0 Å². The smallest absolute Gasteiger partial charge is 0.0146 e. The molecule has 0 aliphatic heterocycles. The zero-order chi connectivity index (χ0) is 17.4. The van der Waals surface area contributed by atoms with E-state index < -0.39 is 0 Å². The summed E-state index contributed by atoms with van der Waals surface area (Å²) in [5, 5.41) is 0. The maximum absolute atomic E-state index is 2.38. The molecule has 0 aliphatic carbocycles. The summed E-state index contributed by atoms with van der Waals surface area (Å²) in [6, 6.07) is 14.0. The molecule has 0 bridgehead atoms. The SMILES string of the molecule is Cc1cc(C(C)(C)c2ccc(C(C)C)c(C)c2)ccc1C(C)C. The van der Waals surface area contributed by atoms with Crippen molar-refractivity contribution < 1.29 is 0 Å². The third-order valence-electron chi connectivity index (χ3n) is 5.23. The molecule has 0 N–H and O–H groups in total. The van der Waals surface area contributed by atoms with Crippen LogP contribution in [-0.2, 0) is 5.41 Å². The van der Waals surface area contributed by atoms with E-state index in [9.17, 15) is 0 Å². The standard InChI is InChI=1S/C23H32/c1-15(2)21-11-9-19(13-17(21)5)23(7,8)20-10-12-22(16(3)4)18(6)14-20/h9-16H,1-8H3. The molecule has 0 spiro atoms. The minimum atomic E-state index is 0.0283. The van der Waals surface area contributed by atoms with Gasteiger partial charge in [0.1, 0.15) is 0 Å². The van der Waals surface area contributed by atoms with Crippen molar-refractivity contribution in [2.24, 2.45) is 0 Å². The number of aryl methyl sites for hydroxylation is 2. The Labute approximate surface area is 143 Å². The van der Waals surface area contributed by atoms with Crippen molar-refractivity contribution in [1.29, 1.82) is 0 Å². The number of hydrogen-bond donors (Lipinski definition) is 0. The Kier molecular flexibility index (Phi) is 5.04. The van der Waals surface area contributed by atoms with Gasteiger partial charge in [-0.1, -0.05) is 77.9 Å². The van der Waals surface area contributed by atoms with Gasteiger partial charge >= 0.3 is 0 Å². The molecule has 0 unspecified atom stereocenters. The van der Waals surface area contributed by atoms with Crippen LogP contribution in [0, 0.1) is 13.8 Å². The Morgan fingerprint density at radius 2 is 1.00 bits per heavy atom. The lowest BCUT2D eigenvalue weighted by molar-refractivity contribution is 0.637. The molecule has 124 valence electrons. The molecule has 0 amide bonds. The topological polar surface area (TPSA) is 0 Å². The first-order valence-electron chi connectivity index (χ1n) is 8.86. The van der Waals surface area contributed by atoms with Gasteiger partial charge in [-0.2, -0.15) is 0 Å². The van der Waals surface area contributed by atoms with Gasteiger partial charge in [0.15, 0.2) is 0 Å². The quantitative estimate of drug-likeness (QED) is 0.577. The second-order valence-electron chi connectivity index (χ2n) is 8.08. The zero-order valence-electron chi connectivity index (χ0n) is 16.1. The van der Waals surface area contributed by atoms with Crippen molar-refractivity contribution in [3.63, 3.8) is 0 Å². The fraction of sp³-hybridized carbons (Fsp3) is 0.478. The van der Waals surface area contributed by atoms with Gasteiger partial charge in [0.05, 0.1) is 0 Å². The van der Waals surface area contributed by atoms with Gasteiger partial charge in [-0.15, -0.1) is 0 Å². The summed E-state index contributed by atoms with van der Waals surface area (Å²) >= 11 is 0. The molecule has 0 radical (unpaired) electrons. The van der Waals surface area contributed by atoms with Crippen LogP contribution in [0.1, 0.15) is 86.8 Å². The number of hydrogen-bond acceptors (Lipinski definition) is 0. The fourth-order valence-corrected chi connectivity index (χ4v) is 3.59. The Hall–Kier alpha value is -1.56. The normalized spacial score (nSPS) is 12.3. The summed E-state index contributed by atoms with van der Waals surface area (Å²) < 4.78 is 0. The molecule has 0 heteroatoms. The predicted molar refractivity (Wildman–Crippen MR) is 103 cm³/mol. The van der Waals surface area contributed by atoms with Crippen molar-refractivity contribution in [3.8, 4) is 0 Å². The van der Waals surface area contributed by atoms with Crippen molar-refractivity contribution >= 4 is 0 Å². The minimum absolute atomic E-state index is 0.0283. The van der Waals surface area contributed by atoms with E-state index in [1.54, 1.807) is 0 Å². The third-order valence-corrected chi connectivity index (χ3v) is 5.23. The second-order valence-corrected chi connectivity index (χ2v) is 8.08. The van der Waals surface area contributed by atoms with Gasteiger partial charge in [0, 0.05) is 5.41 Å². The molecule has 2 rings (SSSR count). The Balaban J connectivity index is 2.46. The van der Waals surface area contributed by atoms with Crippen LogP contribution in [0.2, 0.25) is 0 Å². The Bertz CT molecular complexity index is 628. The molecule has 0 atom stereocenters. The number of benzene rings is 2. The van der Waals surface area contributed by atoms with E-state index in [2.05, 4.69) is 91.8 Å². The van der Waals surface area contributed by atoms with Crippen LogP contribution in [-0.4, -0.2) is 0 Å². The number of rotatable bonds is 4. The first-order valence-corrected chi connectivity index (χ1v) is 8.86. The molecule has 0 saturated carbocycles. The third kappa shape index (κ3) is 3.52. The van der Waals surface area contributed by atoms with Crippen LogP contribution in [0.3, 0.4) is 0 Å². The maximum atomic E-state index is 2.38. The van der Waals surface area contributed by atoms with Gasteiger partial charge < -0.3 is 0 Å². The van der Waals surface area contributed by atoms with Crippen LogP contribution < -0.4 is 0 Å². The van der Waals surface area contributed by atoms with E-state index in [-0.39, 0.29) is 5.41 Å². The first-order chi connectivity index (χ1) is 10.6. The lowest BCUT2D eigenvalue weighted by Crippen LogP contribution is -2.19. The molecule has 0 nitrogen and oxygen atoms in total. The van der Waals surface area contributed by atoms with Crippen molar-refractivity contribution in [3.05, 3.63) is 69.8 Å². The van der Waals surface area contributed by atoms with Crippen LogP contribution in [0.25, 0.3) is 0 Å². The summed E-state index contributed by atoms with van der Waals surface area (Å²) in [4.78, 5) is 0. The van der Waals surface area contributed by atoms with Crippen LogP contribution in [0.4, 0.5) is 0 Å². The largest absolute Gasteiger partial charge is 0.0587 e. The summed E-state index contributed by atoms with van der Waals surface area (Å²) in [6.45, 7) is 18.2.